The molecule has 2 aromatic rings. The summed E-state index contributed by atoms with van der Waals surface area (Å²) in [5, 5.41) is 5.61. The second-order valence-electron chi connectivity index (χ2n) is 5.90. The number of rotatable bonds is 5. The van der Waals surface area contributed by atoms with Gasteiger partial charge >= 0.3 is 0 Å². The Morgan fingerprint density at radius 1 is 1.04 bits per heavy atom. The first-order chi connectivity index (χ1) is 12.4. The van der Waals surface area contributed by atoms with Crippen LogP contribution in [0.2, 0.25) is 5.02 Å². The Morgan fingerprint density at radius 3 is 2.38 bits per heavy atom. The Balaban J connectivity index is 1.61. The van der Waals surface area contributed by atoms with Crippen molar-refractivity contribution in [1.82, 2.24) is 0 Å². The highest BCUT2D eigenvalue weighted by Crippen LogP contribution is 2.41. The van der Waals surface area contributed by atoms with Gasteiger partial charge < -0.3 is 15.4 Å². The predicted octanol–water partition coefficient (Wildman–Crippen LogP) is 3.84. The summed E-state index contributed by atoms with van der Waals surface area (Å²) < 4.78 is 31.3. The highest BCUT2D eigenvalue weighted by molar-refractivity contribution is 6.31. The van der Waals surface area contributed by atoms with Gasteiger partial charge in [0.15, 0.2) is 11.6 Å². The molecule has 8 heteroatoms. The first-order valence-corrected chi connectivity index (χ1v) is 8.17. The standard InChI is InChI=1S/C18H15ClF2N2O3/c1-26-16-5-2-9(19)6-15(16)23-18(25)12-8-11(12)17(24)22-10-3-4-13(20)14(21)7-10/h2-7,11-12H,8H2,1H3,(H,22,24)(H,23,25). The van der Waals surface area contributed by atoms with Crippen molar-refractivity contribution >= 4 is 34.8 Å². The SMILES string of the molecule is COc1ccc(Cl)cc1NC(=O)C1CC1C(=O)Nc1ccc(F)c(F)c1. The molecule has 0 radical (unpaired) electrons. The van der Waals surface area contributed by atoms with Crippen LogP contribution in [-0.4, -0.2) is 18.9 Å². The molecule has 1 fully saturated rings. The number of amides is 2. The number of nitrogens with one attached hydrogen (secondary N) is 2. The lowest BCUT2D eigenvalue weighted by molar-refractivity contribution is -0.122. The lowest BCUT2D eigenvalue weighted by atomic mass is 10.2. The van der Waals surface area contributed by atoms with Crippen molar-refractivity contribution in [2.45, 2.75) is 6.42 Å². The van der Waals surface area contributed by atoms with E-state index in [-0.39, 0.29) is 11.6 Å². The van der Waals surface area contributed by atoms with Gasteiger partial charge in [-0.15, -0.1) is 0 Å². The summed E-state index contributed by atoms with van der Waals surface area (Å²) in [5.74, 6) is -3.41. The van der Waals surface area contributed by atoms with Gasteiger partial charge in [-0.05, 0) is 36.8 Å². The number of carbonyl (C=O) groups excluding carboxylic acids is 2. The van der Waals surface area contributed by atoms with Crippen LogP contribution in [-0.2, 0) is 9.59 Å². The largest absolute Gasteiger partial charge is 0.495 e. The molecule has 136 valence electrons. The van der Waals surface area contributed by atoms with Crippen molar-refractivity contribution in [3.05, 3.63) is 53.1 Å². The van der Waals surface area contributed by atoms with Gasteiger partial charge in [0.25, 0.3) is 0 Å². The van der Waals surface area contributed by atoms with Crippen LogP contribution < -0.4 is 15.4 Å². The lowest BCUT2D eigenvalue weighted by Gasteiger charge is -2.10. The lowest BCUT2D eigenvalue weighted by Crippen LogP contribution is -2.21. The first kappa shape index (κ1) is 18.1. The van der Waals surface area contributed by atoms with Gasteiger partial charge in [0.05, 0.1) is 24.6 Å². The van der Waals surface area contributed by atoms with E-state index in [1.54, 1.807) is 18.2 Å². The van der Waals surface area contributed by atoms with Gasteiger partial charge in [0.2, 0.25) is 11.8 Å². The number of methoxy groups -OCH3 is 1. The molecule has 2 amide bonds. The molecule has 0 heterocycles. The zero-order valence-corrected chi connectivity index (χ0v) is 14.4. The van der Waals surface area contributed by atoms with E-state index >= 15 is 0 Å². The molecule has 2 atom stereocenters. The van der Waals surface area contributed by atoms with Crippen molar-refractivity contribution in [1.29, 1.82) is 0 Å². The van der Waals surface area contributed by atoms with Crippen molar-refractivity contribution in [2.75, 3.05) is 17.7 Å². The van der Waals surface area contributed by atoms with E-state index in [0.717, 1.165) is 12.1 Å². The second kappa shape index (κ2) is 7.29. The number of hydrogen-bond donors (Lipinski definition) is 2. The van der Waals surface area contributed by atoms with E-state index in [4.69, 9.17) is 16.3 Å². The Kier molecular flexibility index (Phi) is 5.08. The molecule has 2 N–H and O–H groups in total. The predicted molar refractivity (Wildman–Crippen MR) is 93.2 cm³/mol. The average molecular weight is 381 g/mol. The smallest absolute Gasteiger partial charge is 0.228 e. The zero-order valence-electron chi connectivity index (χ0n) is 13.7. The molecule has 3 rings (SSSR count). The molecule has 26 heavy (non-hydrogen) atoms. The normalized spacial score (nSPS) is 18.2. The second-order valence-corrected chi connectivity index (χ2v) is 6.34. The summed E-state index contributed by atoms with van der Waals surface area (Å²) in [4.78, 5) is 24.5. The van der Waals surface area contributed by atoms with Crippen molar-refractivity contribution in [3.8, 4) is 5.75 Å². The Hall–Kier alpha value is -2.67. The number of anilines is 2. The van der Waals surface area contributed by atoms with Crippen LogP contribution in [0, 0.1) is 23.5 Å². The number of halogens is 3. The summed E-state index contributed by atoms with van der Waals surface area (Å²) in [6, 6.07) is 7.87. The highest BCUT2D eigenvalue weighted by Gasteiger charge is 2.48. The average Bonchev–Trinajstić information content (AvgIpc) is 3.39. The van der Waals surface area contributed by atoms with E-state index in [1.165, 1.54) is 13.2 Å². The fraction of sp³-hybridized carbons (Fsp3) is 0.222. The van der Waals surface area contributed by atoms with Gasteiger partial charge in [-0.2, -0.15) is 0 Å². The first-order valence-electron chi connectivity index (χ1n) is 7.79. The molecule has 5 nitrogen and oxygen atoms in total. The van der Waals surface area contributed by atoms with Crippen LogP contribution in [0.3, 0.4) is 0 Å². The summed E-state index contributed by atoms with van der Waals surface area (Å²) >= 11 is 5.92. The molecule has 1 aliphatic rings. The van der Waals surface area contributed by atoms with Gasteiger partial charge in [0, 0.05) is 16.8 Å². The maximum absolute atomic E-state index is 13.2. The van der Waals surface area contributed by atoms with E-state index in [1.807, 2.05) is 0 Å². The molecule has 0 aliphatic heterocycles. The summed E-state index contributed by atoms with van der Waals surface area (Å²) in [6.45, 7) is 0. The Morgan fingerprint density at radius 2 is 1.73 bits per heavy atom. The summed E-state index contributed by atoms with van der Waals surface area (Å²) in [6.07, 6.45) is 0.365. The van der Waals surface area contributed by atoms with E-state index in [0.29, 0.717) is 22.9 Å². The van der Waals surface area contributed by atoms with E-state index < -0.39 is 29.4 Å². The Labute approximate surface area is 153 Å². The van der Waals surface area contributed by atoms with E-state index in [2.05, 4.69) is 10.6 Å². The summed E-state index contributed by atoms with van der Waals surface area (Å²) in [7, 11) is 1.47. The number of carbonyl (C=O) groups is 2. The third-order valence-corrected chi connectivity index (χ3v) is 4.31. The van der Waals surface area contributed by atoms with Gasteiger partial charge in [0.1, 0.15) is 5.75 Å². The van der Waals surface area contributed by atoms with Crippen molar-refractivity contribution in [3.63, 3.8) is 0 Å². The molecule has 0 aromatic heterocycles. The minimum Gasteiger partial charge on any atom is -0.495 e. The highest BCUT2D eigenvalue weighted by atomic mass is 35.5. The Bertz CT molecular complexity index is 876. The van der Waals surface area contributed by atoms with Crippen LogP contribution in [0.15, 0.2) is 36.4 Å². The van der Waals surface area contributed by atoms with Crippen LogP contribution >= 0.6 is 11.6 Å². The van der Waals surface area contributed by atoms with Crippen molar-refractivity contribution < 1.29 is 23.1 Å². The maximum atomic E-state index is 13.2. The molecule has 1 aliphatic carbocycles. The maximum Gasteiger partial charge on any atom is 0.228 e. The van der Waals surface area contributed by atoms with Gasteiger partial charge in [-0.25, -0.2) is 8.78 Å². The van der Waals surface area contributed by atoms with Gasteiger partial charge in [-0.3, -0.25) is 9.59 Å². The third-order valence-electron chi connectivity index (χ3n) is 4.07. The third kappa shape index (κ3) is 3.94. The fourth-order valence-electron chi connectivity index (χ4n) is 2.59. The molecular formula is C18H15ClF2N2O3. The topological polar surface area (TPSA) is 67.4 Å². The van der Waals surface area contributed by atoms with Gasteiger partial charge in [-0.1, -0.05) is 11.6 Å². The zero-order chi connectivity index (χ0) is 18.8. The molecule has 1 saturated carbocycles. The monoisotopic (exact) mass is 380 g/mol. The molecular weight excluding hydrogens is 366 g/mol. The minimum atomic E-state index is -1.05. The van der Waals surface area contributed by atoms with Crippen LogP contribution in [0.4, 0.5) is 20.2 Å². The molecule has 0 spiro atoms. The molecule has 2 unspecified atom stereocenters. The summed E-state index contributed by atoms with van der Waals surface area (Å²) in [5.41, 5.74) is 0.549. The quantitative estimate of drug-likeness (QED) is 0.828. The van der Waals surface area contributed by atoms with E-state index in [9.17, 15) is 18.4 Å². The molecule has 0 bridgehead atoms. The number of ether oxygens (including phenoxy) is 1. The van der Waals surface area contributed by atoms with Crippen molar-refractivity contribution in [2.24, 2.45) is 11.8 Å². The molecule has 2 aromatic carbocycles. The molecule has 0 saturated heterocycles. The van der Waals surface area contributed by atoms with Crippen LogP contribution in [0.5, 0.6) is 5.75 Å². The number of hydrogen-bond acceptors (Lipinski definition) is 3. The van der Waals surface area contributed by atoms with Crippen LogP contribution in [0.25, 0.3) is 0 Å². The fourth-order valence-corrected chi connectivity index (χ4v) is 2.76. The number of benzene rings is 2. The minimum absolute atomic E-state index is 0.136. The van der Waals surface area contributed by atoms with Crippen LogP contribution in [0.1, 0.15) is 6.42 Å².